The summed E-state index contributed by atoms with van der Waals surface area (Å²) in [4.78, 5) is 18.5. The first-order valence-corrected chi connectivity index (χ1v) is 8.29. The van der Waals surface area contributed by atoms with Crippen LogP contribution in [-0.2, 0) is 4.79 Å². The monoisotopic (exact) mass is 313 g/mol. The maximum atomic E-state index is 12.0. The van der Waals surface area contributed by atoms with Crippen LogP contribution in [0.4, 0.5) is 5.82 Å². The van der Waals surface area contributed by atoms with Crippen molar-refractivity contribution in [2.45, 2.75) is 32.1 Å². The second-order valence-corrected chi connectivity index (χ2v) is 5.96. The Morgan fingerprint density at radius 2 is 2.00 bits per heavy atom. The molecule has 1 fully saturated rings. The number of pyridine rings is 1. The van der Waals surface area contributed by atoms with Gasteiger partial charge in [-0.3, -0.25) is 14.9 Å². The van der Waals surface area contributed by atoms with Crippen LogP contribution in [0.25, 0.3) is 11.3 Å². The highest BCUT2D eigenvalue weighted by molar-refractivity contribution is 5.90. The Morgan fingerprint density at radius 3 is 2.78 bits per heavy atom. The zero-order chi connectivity index (χ0) is 15.9. The van der Waals surface area contributed by atoms with Crippen LogP contribution in [0.1, 0.15) is 32.1 Å². The number of hydrogen-bond donors (Lipinski definition) is 2. The smallest absolute Gasteiger partial charge is 0.225 e. The van der Waals surface area contributed by atoms with E-state index in [1.54, 1.807) is 12.4 Å². The van der Waals surface area contributed by atoms with Gasteiger partial charge >= 0.3 is 0 Å². The minimum atomic E-state index is 0.0342. The third-order valence-electron chi connectivity index (χ3n) is 4.15. The van der Waals surface area contributed by atoms with Crippen LogP contribution in [0.2, 0.25) is 0 Å². The van der Waals surface area contributed by atoms with E-state index in [-0.39, 0.29) is 5.91 Å². The number of carbonyl (C=O) groups is 1. The van der Waals surface area contributed by atoms with Crippen molar-refractivity contribution in [3.05, 3.63) is 30.6 Å². The topological polar surface area (TPSA) is 73.9 Å². The predicted octanol–water partition coefficient (Wildman–Crippen LogP) is 2.68. The maximum Gasteiger partial charge on any atom is 0.225 e. The van der Waals surface area contributed by atoms with E-state index in [4.69, 9.17) is 0 Å². The van der Waals surface area contributed by atoms with Crippen molar-refractivity contribution in [1.82, 2.24) is 20.1 Å². The minimum Gasteiger partial charge on any atom is -0.311 e. The number of rotatable bonds is 6. The molecule has 0 bridgehead atoms. The summed E-state index contributed by atoms with van der Waals surface area (Å²) >= 11 is 0. The highest BCUT2D eigenvalue weighted by atomic mass is 16.1. The lowest BCUT2D eigenvalue weighted by Crippen LogP contribution is -2.31. The largest absolute Gasteiger partial charge is 0.311 e. The number of amides is 1. The molecule has 3 heterocycles. The number of H-pyrrole nitrogens is 1. The summed E-state index contributed by atoms with van der Waals surface area (Å²) in [5.74, 6) is 0.673. The molecule has 6 heteroatoms. The molecule has 2 aromatic rings. The van der Waals surface area contributed by atoms with E-state index in [0.29, 0.717) is 12.2 Å². The summed E-state index contributed by atoms with van der Waals surface area (Å²) in [7, 11) is 0. The van der Waals surface area contributed by atoms with Crippen molar-refractivity contribution in [2.24, 2.45) is 0 Å². The van der Waals surface area contributed by atoms with Gasteiger partial charge in [-0.2, -0.15) is 5.10 Å². The summed E-state index contributed by atoms with van der Waals surface area (Å²) in [5.41, 5.74) is 1.78. The summed E-state index contributed by atoms with van der Waals surface area (Å²) < 4.78 is 0. The van der Waals surface area contributed by atoms with Gasteiger partial charge < -0.3 is 10.2 Å². The molecular weight excluding hydrogens is 290 g/mol. The summed E-state index contributed by atoms with van der Waals surface area (Å²) in [5, 5.41) is 9.96. The third kappa shape index (κ3) is 4.63. The number of nitrogens with one attached hydrogen (secondary N) is 2. The molecule has 23 heavy (non-hydrogen) atoms. The Morgan fingerprint density at radius 1 is 1.22 bits per heavy atom. The average Bonchev–Trinajstić information content (AvgIpc) is 3.05. The molecule has 1 saturated heterocycles. The van der Waals surface area contributed by atoms with Crippen LogP contribution in [0.15, 0.2) is 30.6 Å². The Bertz CT molecular complexity index is 619. The van der Waals surface area contributed by atoms with E-state index in [1.165, 1.54) is 32.4 Å². The van der Waals surface area contributed by atoms with Crippen LogP contribution in [0.5, 0.6) is 0 Å². The first-order chi connectivity index (χ1) is 11.3. The maximum absolute atomic E-state index is 12.0. The molecule has 2 aromatic heterocycles. The van der Waals surface area contributed by atoms with Crippen LogP contribution in [0.3, 0.4) is 0 Å². The molecule has 0 aliphatic carbocycles. The molecule has 0 radical (unpaired) electrons. The molecular formula is C17H23N5O. The van der Waals surface area contributed by atoms with Crippen LogP contribution < -0.4 is 5.32 Å². The van der Waals surface area contributed by atoms with Gasteiger partial charge in [0.05, 0.1) is 5.69 Å². The molecule has 6 nitrogen and oxygen atoms in total. The molecule has 0 aromatic carbocycles. The number of likely N-dealkylation sites (tertiary alicyclic amines) is 1. The Kier molecular flexibility index (Phi) is 5.37. The molecule has 122 valence electrons. The van der Waals surface area contributed by atoms with Gasteiger partial charge in [-0.1, -0.05) is 6.42 Å². The van der Waals surface area contributed by atoms with Crippen molar-refractivity contribution in [1.29, 1.82) is 0 Å². The number of nitrogens with zero attached hydrogens (tertiary/aromatic N) is 3. The van der Waals surface area contributed by atoms with Crippen molar-refractivity contribution < 1.29 is 4.79 Å². The zero-order valence-electron chi connectivity index (χ0n) is 13.3. The van der Waals surface area contributed by atoms with Gasteiger partial charge in [-0.05, 0) is 51.0 Å². The highest BCUT2D eigenvalue weighted by Gasteiger charge is 2.11. The third-order valence-corrected chi connectivity index (χ3v) is 4.15. The summed E-state index contributed by atoms with van der Waals surface area (Å²) in [6.07, 6.45) is 8.82. The van der Waals surface area contributed by atoms with Gasteiger partial charge in [0.25, 0.3) is 0 Å². The number of anilines is 1. The predicted molar refractivity (Wildman–Crippen MR) is 90.0 cm³/mol. The Labute approximate surface area is 136 Å². The standard InChI is InChI=1S/C17H23N5O/c23-17(5-4-12-22-10-2-1-3-11-22)19-16-13-15(20-21-16)14-6-8-18-9-7-14/h6-9,13H,1-5,10-12H2,(H2,19,20,21,23). The van der Waals surface area contributed by atoms with Gasteiger partial charge in [0.2, 0.25) is 5.91 Å². The van der Waals surface area contributed by atoms with Gasteiger partial charge in [-0.15, -0.1) is 0 Å². The van der Waals surface area contributed by atoms with E-state index in [2.05, 4.69) is 25.4 Å². The first kappa shape index (κ1) is 15.7. The molecule has 0 atom stereocenters. The van der Waals surface area contributed by atoms with Gasteiger partial charge in [0.1, 0.15) is 5.82 Å². The number of hydrogen-bond acceptors (Lipinski definition) is 4. The van der Waals surface area contributed by atoms with Gasteiger partial charge in [0, 0.05) is 30.4 Å². The first-order valence-electron chi connectivity index (χ1n) is 8.29. The molecule has 2 N–H and O–H groups in total. The fourth-order valence-electron chi connectivity index (χ4n) is 2.92. The quantitative estimate of drug-likeness (QED) is 0.860. The van der Waals surface area contributed by atoms with E-state index in [1.807, 2.05) is 18.2 Å². The van der Waals surface area contributed by atoms with Crippen molar-refractivity contribution >= 4 is 11.7 Å². The minimum absolute atomic E-state index is 0.0342. The SMILES string of the molecule is O=C(CCCN1CCCCC1)Nc1cc(-c2ccncc2)n[nH]1. The molecule has 1 aliphatic heterocycles. The fraction of sp³-hybridized carbons (Fsp3) is 0.471. The normalized spacial score (nSPS) is 15.5. The Hall–Kier alpha value is -2.21. The van der Waals surface area contributed by atoms with Crippen LogP contribution in [0, 0.1) is 0 Å². The van der Waals surface area contributed by atoms with Gasteiger partial charge in [-0.25, -0.2) is 0 Å². The van der Waals surface area contributed by atoms with Crippen LogP contribution in [-0.4, -0.2) is 45.6 Å². The number of aromatic amines is 1. The lowest BCUT2D eigenvalue weighted by atomic mass is 10.1. The van der Waals surface area contributed by atoms with E-state index < -0.39 is 0 Å². The summed E-state index contributed by atoms with van der Waals surface area (Å²) in [6, 6.07) is 5.62. The second-order valence-electron chi connectivity index (χ2n) is 5.96. The highest BCUT2D eigenvalue weighted by Crippen LogP contribution is 2.18. The van der Waals surface area contributed by atoms with E-state index >= 15 is 0 Å². The molecule has 0 spiro atoms. The average molecular weight is 313 g/mol. The van der Waals surface area contributed by atoms with E-state index in [9.17, 15) is 4.79 Å². The zero-order valence-corrected chi connectivity index (χ0v) is 13.3. The molecule has 1 amide bonds. The second kappa shape index (κ2) is 7.87. The van der Waals surface area contributed by atoms with Crippen molar-refractivity contribution in [3.63, 3.8) is 0 Å². The molecule has 0 saturated carbocycles. The van der Waals surface area contributed by atoms with Crippen LogP contribution >= 0.6 is 0 Å². The molecule has 0 unspecified atom stereocenters. The van der Waals surface area contributed by atoms with E-state index in [0.717, 1.165) is 24.2 Å². The van der Waals surface area contributed by atoms with Crippen molar-refractivity contribution in [3.8, 4) is 11.3 Å². The lowest BCUT2D eigenvalue weighted by molar-refractivity contribution is -0.116. The number of piperidine rings is 1. The lowest BCUT2D eigenvalue weighted by Gasteiger charge is -2.26. The number of aromatic nitrogens is 3. The molecule has 3 rings (SSSR count). The Balaban J connectivity index is 1.44. The fourth-order valence-corrected chi connectivity index (χ4v) is 2.92. The number of carbonyl (C=O) groups excluding carboxylic acids is 1. The van der Waals surface area contributed by atoms with Crippen molar-refractivity contribution in [2.75, 3.05) is 25.0 Å². The van der Waals surface area contributed by atoms with Gasteiger partial charge in [0.15, 0.2) is 0 Å². The molecule has 1 aliphatic rings. The summed E-state index contributed by atoms with van der Waals surface area (Å²) in [6.45, 7) is 3.37.